The molecule has 0 radical (unpaired) electrons. The molecule has 0 saturated carbocycles. The number of carboxylic acids is 1. The Morgan fingerprint density at radius 2 is 1.94 bits per heavy atom. The maximum Gasteiger partial charge on any atom is 0.335 e. The number of anilines is 1. The highest BCUT2D eigenvalue weighted by Crippen LogP contribution is 2.20. The van der Waals surface area contributed by atoms with Crippen LogP contribution in [0.2, 0.25) is 0 Å². The molecule has 1 saturated heterocycles. The summed E-state index contributed by atoms with van der Waals surface area (Å²) < 4.78 is 0. The lowest BCUT2D eigenvalue weighted by atomic mass is 10.2. The summed E-state index contributed by atoms with van der Waals surface area (Å²) >= 11 is 0. The zero-order chi connectivity index (χ0) is 10.8. The number of carbonyl (C=O) groups is 1. The average molecular weight is 244 g/mol. The van der Waals surface area contributed by atoms with Crippen LogP contribution >= 0.6 is 12.4 Å². The Morgan fingerprint density at radius 1 is 1.31 bits per heavy atom. The summed E-state index contributed by atoms with van der Waals surface area (Å²) in [6, 6.07) is 6.73. The number of β-amino-alcohol motifs (C(OH)–C–C–N with tert-alkyl or cyclic N) is 1. The van der Waals surface area contributed by atoms with Gasteiger partial charge in [-0.3, -0.25) is 0 Å². The van der Waals surface area contributed by atoms with E-state index >= 15 is 0 Å². The number of aliphatic hydroxyl groups excluding tert-OH is 1. The van der Waals surface area contributed by atoms with E-state index in [4.69, 9.17) is 5.11 Å². The van der Waals surface area contributed by atoms with E-state index in [1.807, 2.05) is 0 Å². The van der Waals surface area contributed by atoms with Gasteiger partial charge in [-0.25, -0.2) is 4.79 Å². The second-order valence-electron chi connectivity index (χ2n) is 3.74. The summed E-state index contributed by atoms with van der Waals surface area (Å²) in [5, 5.41) is 18.1. The predicted molar refractivity (Wildman–Crippen MR) is 63.5 cm³/mol. The fourth-order valence-corrected chi connectivity index (χ4v) is 1.79. The molecule has 0 amide bonds. The fourth-order valence-electron chi connectivity index (χ4n) is 1.79. The number of rotatable bonds is 2. The van der Waals surface area contributed by atoms with Crippen LogP contribution < -0.4 is 4.90 Å². The summed E-state index contributed by atoms with van der Waals surface area (Å²) in [4.78, 5) is 12.7. The summed E-state index contributed by atoms with van der Waals surface area (Å²) in [5.74, 6) is -0.914. The molecule has 0 unspecified atom stereocenters. The van der Waals surface area contributed by atoms with Gasteiger partial charge in [0, 0.05) is 18.8 Å². The van der Waals surface area contributed by atoms with Gasteiger partial charge in [0.25, 0.3) is 0 Å². The minimum atomic E-state index is -0.914. The minimum Gasteiger partial charge on any atom is -0.478 e. The highest BCUT2D eigenvalue weighted by Gasteiger charge is 2.20. The number of halogens is 1. The van der Waals surface area contributed by atoms with Crippen LogP contribution in [0.1, 0.15) is 16.8 Å². The van der Waals surface area contributed by atoms with Gasteiger partial charge >= 0.3 is 5.97 Å². The summed E-state index contributed by atoms with van der Waals surface area (Å²) in [5.41, 5.74) is 1.26. The largest absolute Gasteiger partial charge is 0.478 e. The van der Waals surface area contributed by atoms with Crippen LogP contribution in [0.4, 0.5) is 5.69 Å². The number of hydrogen-bond donors (Lipinski definition) is 2. The van der Waals surface area contributed by atoms with Gasteiger partial charge < -0.3 is 15.1 Å². The van der Waals surface area contributed by atoms with E-state index in [1.54, 1.807) is 24.3 Å². The Labute approximate surface area is 99.9 Å². The first-order chi connectivity index (χ1) is 7.16. The van der Waals surface area contributed by atoms with Crippen molar-refractivity contribution in [1.82, 2.24) is 0 Å². The van der Waals surface area contributed by atoms with Gasteiger partial charge in [0.15, 0.2) is 0 Å². The van der Waals surface area contributed by atoms with E-state index in [0.717, 1.165) is 18.7 Å². The van der Waals surface area contributed by atoms with Gasteiger partial charge in [-0.1, -0.05) is 0 Å². The van der Waals surface area contributed by atoms with Crippen molar-refractivity contribution in [2.24, 2.45) is 0 Å². The van der Waals surface area contributed by atoms with Crippen molar-refractivity contribution in [2.75, 3.05) is 18.0 Å². The van der Waals surface area contributed by atoms with E-state index in [2.05, 4.69) is 4.90 Å². The first-order valence-electron chi connectivity index (χ1n) is 4.93. The topological polar surface area (TPSA) is 60.8 Å². The molecule has 1 fully saturated rings. The molecular formula is C11H14ClNO3. The van der Waals surface area contributed by atoms with E-state index in [0.29, 0.717) is 12.1 Å². The second-order valence-corrected chi connectivity index (χ2v) is 3.74. The molecule has 5 heteroatoms. The van der Waals surface area contributed by atoms with Crippen molar-refractivity contribution in [3.63, 3.8) is 0 Å². The third-order valence-corrected chi connectivity index (χ3v) is 2.64. The normalized spacial score (nSPS) is 19.3. The monoisotopic (exact) mass is 243 g/mol. The summed E-state index contributed by atoms with van der Waals surface area (Å²) in [6.45, 7) is 1.46. The van der Waals surface area contributed by atoms with Gasteiger partial charge in [-0.15, -0.1) is 12.4 Å². The number of aliphatic hydroxyl groups is 1. The van der Waals surface area contributed by atoms with Gasteiger partial charge in [0.1, 0.15) is 0 Å². The standard InChI is InChI=1S/C11H13NO3.ClH/c13-10-5-6-12(7-10)9-3-1-8(2-4-9)11(14)15;/h1-4,10,13H,5-7H2,(H,14,15);1H/t10-;/m1./s1. The molecule has 4 nitrogen and oxygen atoms in total. The van der Waals surface area contributed by atoms with E-state index in [9.17, 15) is 9.90 Å². The van der Waals surface area contributed by atoms with E-state index in [-0.39, 0.29) is 18.5 Å². The zero-order valence-corrected chi connectivity index (χ0v) is 9.48. The fraction of sp³-hybridized carbons (Fsp3) is 0.364. The lowest BCUT2D eigenvalue weighted by Gasteiger charge is -2.17. The van der Waals surface area contributed by atoms with Crippen molar-refractivity contribution in [3.8, 4) is 0 Å². The van der Waals surface area contributed by atoms with Gasteiger partial charge in [-0.2, -0.15) is 0 Å². The number of nitrogens with zero attached hydrogens (tertiary/aromatic N) is 1. The third kappa shape index (κ3) is 2.65. The first kappa shape index (κ1) is 12.8. The van der Waals surface area contributed by atoms with Crippen LogP contribution in [0, 0.1) is 0 Å². The maximum absolute atomic E-state index is 10.6. The van der Waals surface area contributed by atoms with Crippen molar-refractivity contribution >= 4 is 24.1 Å². The Kier molecular flexibility index (Phi) is 4.15. The van der Waals surface area contributed by atoms with Crippen molar-refractivity contribution < 1.29 is 15.0 Å². The number of benzene rings is 1. The zero-order valence-electron chi connectivity index (χ0n) is 8.67. The molecule has 1 atom stereocenters. The molecule has 2 rings (SSSR count). The molecule has 1 aromatic rings. The molecule has 1 aromatic carbocycles. The molecule has 16 heavy (non-hydrogen) atoms. The molecule has 0 spiro atoms. The summed E-state index contributed by atoms with van der Waals surface area (Å²) in [6.07, 6.45) is 0.518. The van der Waals surface area contributed by atoms with Crippen LogP contribution in [0.15, 0.2) is 24.3 Å². The third-order valence-electron chi connectivity index (χ3n) is 2.64. The quantitative estimate of drug-likeness (QED) is 0.824. The maximum atomic E-state index is 10.6. The average Bonchev–Trinajstić information content (AvgIpc) is 2.65. The van der Waals surface area contributed by atoms with Crippen LogP contribution in [-0.2, 0) is 0 Å². The molecule has 1 aliphatic rings. The number of aromatic carboxylic acids is 1. The lowest BCUT2D eigenvalue weighted by Crippen LogP contribution is -2.21. The molecule has 1 heterocycles. The smallest absolute Gasteiger partial charge is 0.335 e. The highest BCUT2D eigenvalue weighted by atomic mass is 35.5. The lowest BCUT2D eigenvalue weighted by molar-refractivity contribution is 0.0697. The second kappa shape index (κ2) is 5.18. The van der Waals surface area contributed by atoms with Gasteiger partial charge in [0.05, 0.1) is 11.7 Å². The Balaban J connectivity index is 0.00000128. The van der Waals surface area contributed by atoms with Gasteiger partial charge in [0.2, 0.25) is 0 Å². The van der Waals surface area contributed by atoms with Crippen molar-refractivity contribution in [2.45, 2.75) is 12.5 Å². The molecule has 0 aromatic heterocycles. The van der Waals surface area contributed by atoms with Crippen molar-refractivity contribution in [1.29, 1.82) is 0 Å². The molecule has 88 valence electrons. The Bertz CT molecular complexity index is 366. The first-order valence-corrected chi connectivity index (χ1v) is 4.93. The van der Waals surface area contributed by atoms with Crippen LogP contribution in [0.3, 0.4) is 0 Å². The van der Waals surface area contributed by atoms with E-state index < -0.39 is 5.97 Å². The van der Waals surface area contributed by atoms with Crippen molar-refractivity contribution in [3.05, 3.63) is 29.8 Å². The highest BCUT2D eigenvalue weighted by molar-refractivity contribution is 5.88. The number of carboxylic acid groups (broad SMARTS) is 1. The van der Waals surface area contributed by atoms with Crippen LogP contribution in [-0.4, -0.2) is 35.4 Å². The molecule has 0 bridgehead atoms. The molecule has 0 aliphatic carbocycles. The SMILES string of the molecule is Cl.O=C(O)c1ccc(N2CC[C@@H](O)C2)cc1. The van der Waals surface area contributed by atoms with E-state index in [1.165, 1.54) is 0 Å². The van der Waals surface area contributed by atoms with Gasteiger partial charge in [-0.05, 0) is 30.7 Å². The Morgan fingerprint density at radius 3 is 2.38 bits per heavy atom. The molecule has 1 aliphatic heterocycles. The van der Waals surface area contributed by atoms with Crippen LogP contribution in [0.5, 0.6) is 0 Å². The Hall–Kier alpha value is -1.26. The molecular weight excluding hydrogens is 230 g/mol. The predicted octanol–water partition coefficient (Wildman–Crippen LogP) is 1.38. The summed E-state index contributed by atoms with van der Waals surface area (Å²) in [7, 11) is 0. The molecule has 2 N–H and O–H groups in total. The minimum absolute atomic E-state index is 0. The van der Waals surface area contributed by atoms with Crippen LogP contribution in [0.25, 0.3) is 0 Å². The number of hydrogen-bond acceptors (Lipinski definition) is 3.